The van der Waals surface area contributed by atoms with Gasteiger partial charge in [-0.3, -0.25) is 0 Å². The SMILES string of the molecule is Cc1ccc(NC(=O)NCCC2=CCCCC2)cc1OCC(F)F. The number of hydrogen-bond donors (Lipinski definition) is 2. The van der Waals surface area contributed by atoms with E-state index in [9.17, 15) is 13.6 Å². The Morgan fingerprint density at radius 3 is 2.88 bits per heavy atom. The molecule has 2 amide bonds. The average Bonchev–Trinajstić information content (AvgIpc) is 2.56. The number of halogens is 2. The number of alkyl halides is 2. The summed E-state index contributed by atoms with van der Waals surface area (Å²) in [6.45, 7) is 1.69. The minimum atomic E-state index is -2.53. The third-order valence-electron chi connectivity index (χ3n) is 3.93. The Morgan fingerprint density at radius 2 is 2.17 bits per heavy atom. The first-order chi connectivity index (χ1) is 11.5. The summed E-state index contributed by atoms with van der Waals surface area (Å²) in [5, 5.41) is 5.51. The highest BCUT2D eigenvalue weighted by atomic mass is 19.3. The highest BCUT2D eigenvalue weighted by molar-refractivity contribution is 5.89. The van der Waals surface area contributed by atoms with Crippen LogP contribution in [0.2, 0.25) is 0 Å². The Morgan fingerprint density at radius 1 is 1.33 bits per heavy atom. The molecule has 1 aromatic carbocycles. The van der Waals surface area contributed by atoms with Crippen LogP contribution in [0.15, 0.2) is 29.8 Å². The summed E-state index contributed by atoms with van der Waals surface area (Å²) in [6, 6.07) is 4.69. The van der Waals surface area contributed by atoms with Gasteiger partial charge in [0, 0.05) is 18.3 Å². The molecular formula is C18H24F2N2O2. The van der Waals surface area contributed by atoms with Gasteiger partial charge in [0.25, 0.3) is 6.43 Å². The summed E-state index contributed by atoms with van der Waals surface area (Å²) in [5.41, 5.74) is 2.66. The van der Waals surface area contributed by atoms with Crippen LogP contribution in [0, 0.1) is 6.92 Å². The fourth-order valence-electron chi connectivity index (χ4n) is 2.63. The number of aryl methyl sites for hydroxylation is 1. The third-order valence-corrected chi connectivity index (χ3v) is 3.93. The van der Waals surface area contributed by atoms with Gasteiger partial charge >= 0.3 is 6.03 Å². The molecule has 4 nitrogen and oxygen atoms in total. The fourth-order valence-corrected chi connectivity index (χ4v) is 2.63. The van der Waals surface area contributed by atoms with E-state index in [2.05, 4.69) is 16.7 Å². The van der Waals surface area contributed by atoms with Gasteiger partial charge in [-0.2, -0.15) is 0 Å². The zero-order valence-electron chi connectivity index (χ0n) is 13.9. The van der Waals surface area contributed by atoms with Crippen LogP contribution < -0.4 is 15.4 Å². The van der Waals surface area contributed by atoms with Gasteiger partial charge in [-0.15, -0.1) is 0 Å². The van der Waals surface area contributed by atoms with E-state index in [4.69, 9.17) is 4.74 Å². The Kier molecular flexibility index (Phi) is 7.03. The number of rotatable bonds is 7. The molecule has 0 fully saturated rings. The molecular weight excluding hydrogens is 314 g/mol. The molecule has 0 spiro atoms. The van der Waals surface area contributed by atoms with E-state index in [0.717, 1.165) is 24.8 Å². The Hall–Kier alpha value is -2.11. The monoisotopic (exact) mass is 338 g/mol. The van der Waals surface area contributed by atoms with Crippen molar-refractivity contribution in [2.75, 3.05) is 18.5 Å². The Bertz CT molecular complexity index is 588. The number of hydrogen-bond acceptors (Lipinski definition) is 2. The number of carbonyl (C=O) groups excluding carboxylic acids is 1. The lowest BCUT2D eigenvalue weighted by Gasteiger charge is -2.14. The second kappa shape index (κ2) is 9.25. The van der Waals surface area contributed by atoms with Crippen LogP contribution in [-0.4, -0.2) is 25.6 Å². The lowest BCUT2D eigenvalue weighted by molar-refractivity contribution is 0.0816. The number of nitrogens with one attached hydrogen (secondary N) is 2. The van der Waals surface area contributed by atoms with Crippen molar-refractivity contribution < 1.29 is 18.3 Å². The van der Waals surface area contributed by atoms with Crippen molar-refractivity contribution >= 4 is 11.7 Å². The van der Waals surface area contributed by atoms with Gasteiger partial charge in [0.15, 0.2) is 0 Å². The third kappa shape index (κ3) is 6.18. The lowest BCUT2D eigenvalue weighted by atomic mass is 9.97. The van der Waals surface area contributed by atoms with Crippen LogP contribution in [0.25, 0.3) is 0 Å². The molecule has 0 saturated heterocycles. The predicted octanol–water partition coefficient (Wildman–Crippen LogP) is 4.65. The number of urea groups is 1. The van der Waals surface area contributed by atoms with Gasteiger partial charge in [-0.05, 0) is 50.7 Å². The molecule has 0 radical (unpaired) electrons. The van der Waals surface area contributed by atoms with Crippen molar-refractivity contribution in [1.82, 2.24) is 5.32 Å². The number of allylic oxidation sites excluding steroid dienone is 1. The van der Waals surface area contributed by atoms with Gasteiger partial charge < -0.3 is 15.4 Å². The average molecular weight is 338 g/mol. The largest absolute Gasteiger partial charge is 0.487 e. The number of benzene rings is 1. The van der Waals surface area contributed by atoms with Crippen LogP contribution in [0.3, 0.4) is 0 Å². The Labute approximate surface area is 141 Å². The number of ether oxygens (including phenoxy) is 1. The molecule has 0 unspecified atom stereocenters. The molecule has 2 rings (SSSR count). The van der Waals surface area contributed by atoms with E-state index < -0.39 is 13.0 Å². The molecule has 24 heavy (non-hydrogen) atoms. The lowest BCUT2D eigenvalue weighted by Crippen LogP contribution is -2.29. The quantitative estimate of drug-likeness (QED) is 0.711. The van der Waals surface area contributed by atoms with Gasteiger partial charge in [-0.1, -0.05) is 17.7 Å². The summed E-state index contributed by atoms with van der Waals surface area (Å²) in [7, 11) is 0. The van der Waals surface area contributed by atoms with Gasteiger partial charge in [0.05, 0.1) is 0 Å². The molecule has 0 saturated carbocycles. The molecule has 1 aromatic rings. The first kappa shape index (κ1) is 18.2. The van der Waals surface area contributed by atoms with E-state index in [1.54, 1.807) is 25.1 Å². The molecule has 0 bridgehead atoms. The van der Waals surface area contributed by atoms with E-state index in [1.165, 1.54) is 18.4 Å². The molecule has 0 atom stereocenters. The maximum absolute atomic E-state index is 12.2. The number of amides is 2. The highest BCUT2D eigenvalue weighted by Gasteiger charge is 2.09. The molecule has 0 heterocycles. The van der Waals surface area contributed by atoms with Crippen molar-refractivity contribution in [3.8, 4) is 5.75 Å². The summed E-state index contributed by atoms with van der Waals surface area (Å²) in [6.07, 6.45) is 5.32. The highest BCUT2D eigenvalue weighted by Crippen LogP contribution is 2.23. The minimum absolute atomic E-state index is 0.310. The maximum atomic E-state index is 12.2. The maximum Gasteiger partial charge on any atom is 0.319 e. The van der Waals surface area contributed by atoms with Crippen LogP contribution >= 0.6 is 0 Å². The van der Waals surface area contributed by atoms with Crippen molar-refractivity contribution in [1.29, 1.82) is 0 Å². The smallest absolute Gasteiger partial charge is 0.319 e. The molecule has 132 valence electrons. The van der Waals surface area contributed by atoms with E-state index >= 15 is 0 Å². The standard InChI is InChI=1S/C18H24F2N2O2/c1-13-7-8-15(11-16(13)24-12-17(19)20)22-18(23)21-10-9-14-5-3-2-4-6-14/h5,7-8,11,17H,2-4,6,9-10,12H2,1H3,(H2,21,22,23). The van der Waals surface area contributed by atoms with Crippen LogP contribution in [0.4, 0.5) is 19.3 Å². The van der Waals surface area contributed by atoms with Gasteiger partial charge in [-0.25, -0.2) is 13.6 Å². The summed E-state index contributed by atoms with van der Waals surface area (Å²) >= 11 is 0. The first-order valence-corrected chi connectivity index (χ1v) is 8.29. The van der Waals surface area contributed by atoms with Gasteiger partial charge in [0.1, 0.15) is 12.4 Å². The van der Waals surface area contributed by atoms with Crippen molar-refractivity contribution in [2.24, 2.45) is 0 Å². The molecule has 6 heteroatoms. The second-order valence-corrected chi connectivity index (χ2v) is 5.92. The minimum Gasteiger partial charge on any atom is -0.487 e. The summed E-state index contributed by atoms with van der Waals surface area (Å²) in [4.78, 5) is 11.9. The first-order valence-electron chi connectivity index (χ1n) is 8.29. The van der Waals surface area contributed by atoms with E-state index in [0.29, 0.717) is 18.0 Å². The molecule has 2 N–H and O–H groups in total. The van der Waals surface area contributed by atoms with Crippen LogP contribution in [0.5, 0.6) is 5.75 Å². The second-order valence-electron chi connectivity index (χ2n) is 5.92. The summed E-state index contributed by atoms with van der Waals surface area (Å²) < 4.78 is 29.5. The topological polar surface area (TPSA) is 50.4 Å². The van der Waals surface area contributed by atoms with Gasteiger partial charge in [0.2, 0.25) is 0 Å². The number of anilines is 1. The normalized spacial score (nSPS) is 14.2. The van der Waals surface area contributed by atoms with E-state index in [-0.39, 0.29) is 6.03 Å². The molecule has 1 aliphatic carbocycles. The molecule has 0 aliphatic heterocycles. The van der Waals surface area contributed by atoms with Crippen molar-refractivity contribution in [3.05, 3.63) is 35.4 Å². The summed E-state index contributed by atoms with van der Waals surface area (Å²) in [5.74, 6) is 0.348. The molecule has 1 aliphatic rings. The Balaban J connectivity index is 1.80. The van der Waals surface area contributed by atoms with Crippen LogP contribution in [0.1, 0.15) is 37.7 Å². The van der Waals surface area contributed by atoms with Crippen LogP contribution in [-0.2, 0) is 0 Å². The van der Waals surface area contributed by atoms with Crippen molar-refractivity contribution in [2.45, 2.75) is 45.5 Å². The zero-order valence-corrected chi connectivity index (χ0v) is 13.9. The number of carbonyl (C=O) groups is 1. The predicted molar refractivity (Wildman–Crippen MR) is 90.9 cm³/mol. The van der Waals surface area contributed by atoms with Crippen molar-refractivity contribution in [3.63, 3.8) is 0 Å². The van der Waals surface area contributed by atoms with E-state index in [1.807, 2.05) is 0 Å². The fraction of sp³-hybridized carbons (Fsp3) is 0.500. The zero-order chi connectivity index (χ0) is 17.4. The molecule has 0 aromatic heterocycles.